The molecule has 48 heavy (non-hydrogen) atoms. The van der Waals surface area contributed by atoms with Gasteiger partial charge in [0.25, 0.3) is 0 Å². The lowest BCUT2D eigenvalue weighted by atomic mass is 10.1. The minimum Gasteiger partial charge on any atom is -0.388 e. The molecule has 2 aliphatic heterocycles. The van der Waals surface area contributed by atoms with Crippen molar-refractivity contribution in [2.24, 2.45) is 0 Å². The maximum absolute atomic E-state index is 12.6. The molecule has 1 aromatic heterocycles. The van der Waals surface area contributed by atoms with Crippen molar-refractivity contribution in [2.45, 2.75) is 69.0 Å². The summed E-state index contributed by atoms with van der Waals surface area (Å²) in [4.78, 5) is 48.0. The molecule has 0 aromatic carbocycles. The topological polar surface area (TPSA) is 350 Å². The summed E-state index contributed by atoms with van der Waals surface area (Å²) in [6, 6.07) is -0.960. The summed E-state index contributed by atoms with van der Waals surface area (Å²) in [5.74, 6) is 0. The van der Waals surface area contributed by atoms with Crippen molar-refractivity contribution >= 4 is 39.1 Å². The van der Waals surface area contributed by atoms with E-state index in [1.54, 1.807) is 0 Å². The highest BCUT2D eigenvalue weighted by Gasteiger charge is 2.48. The minimum absolute atomic E-state index is 0.120. The summed E-state index contributed by atoms with van der Waals surface area (Å²) >= 11 is 0. The van der Waals surface area contributed by atoms with Crippen LogP contribution in [0.25, 0.3) is 0 Å². The molecule has 0 radical (unpaired) electrons. The molecule has 30 heteroatoms. The van der Waals surface area contributed by atoms with Crippen LogP contribution < -0.4 is 0 Å². The second-order valence-corrected chi connectivity index (χ2v) is 17.7. The van der Waals surface area contributed by atoms with Gasteiger partial charge in [0.2, 0.25) is 0 Å². The maximum atomic E-state index is 12.6. The summed E-state index contributed by atoms with van der Waals surface area (Å²) in [5.41, 5.74) is 0.195. The Bertz CT molecular complexity index is 1480. The SMILES string of the molecule is COP(=O)(O)OC[C@H]1O[C@@H](C)C(O)[C@H]1OP(=O)(O)OCCc1cn([C@H]2C(O)[C@@H](COP(=O)(O)OP(=O)(O)OP(=O)(O)OC)O[C@H]2C)nn1. The molecule has 3 rings (SSSR count). The molecule has 3 heterocycles. The molecule has 2 fully saturated rings. The van der Waals surface area contributed by atoms with Gasteiger partial charge in [0, 0.05) is 26.8 Å². The van der Waals surface area contributed by atoms with Crippen LogP contribution >= 0.6 is 39.1 Å². The average Bonchev–Trinajstić information content (AvgIpc) is 3.61. The Hall–Kier alpha value is -0.390. The summed E-state index contributed by atoms with van der Waals surface area (Å²) in [6.07, 6.45) is -7.45. The first-order valence-electron chi connectivity index (χ1n) is 13.4. The van der Waals surface area contributed by atoms with Crippen LogP contribution in [0.5, 0.6) is 0 Å². The second-order valence-electron chi connectivity index (χ2n) is 10.0. The van der Waals surface area contributed by atoms with Gasteiger partial charge < -0.3 is 44.2 Å². The minimum atomic E-state index is -5.64. The van der Waals surface area contributed by atoms with E-state index < -0.39 is 108 Å². The van der Waals surface area contributed by atoms with Gasteiger partial charge in [-0.2, -0.15) is 8.62 Å². The molecule has 13 atom stereocenters. The molecule has 280 valence electrons. The monoisotopic (exact) mass is 801 g/mol. The van der Waals surface area contributed by atoms with Crippen LogP contribution in [-0.2, 0) is 74.5 Å². The molecule has 0 aliphatic carbocycles. The van der Waals surface area contributed by atoms with Crippen molar-refractivity contribution in [3.8, 4) is 0 Å². The largest absolute Gasteiger partial charge is 0.490 e. The Morgan fingerprint density at radius 1 is 0.750 bits per heavy atom. The van der Waals surface area contributed by atoms with E-state index in [1.165, 1.54) is 24.7 Å². The summed E-state index contributed by atoms with van der Waals surface area (Å²) < 4.78 is 107. The number of aromatic nitrogens is 3. The number of nitrogens with zero attached hydrogens (tertiary/aromatic N) is 3. The first-order valence-corrected chi connectivity index (χ1v) is 20.8. The van der Waals surface area contributed by atoms with Gasteiger partial charge in [-0.1, -0.05) is 5.21 Å². The Balaban J connectivity index is 1.52. The predicted molar refractivity (Wildman–Crippen MR) is 151 cm³/mol. The molecule has 0 bridgehead atoms. The van der Waals surface area contributed by atoms with Gasteiger partial charge in [0.15, 0.2) is 0 Å². The third-order valence-electron chi connectivity index (χ3n) is 6.58. The average molecular weight is 801 g/mol. The van der Waals surface area contributed by atoms with Crippen molar-refractivity contribution in [3.63, 3.8) is 0 Å². The fourth-order valence-corrected chi connectivity index (χ4v) is 9.03. The number of aliphatic hydroxyl groups excluding tert-OH is 2. The third kappa shape index (κ3) is 12.1. The maximum Gasteiger partial charge on any atom is 0.490 e. The highest BCUT2D eigenvalue weighted by molar-refractivity contribution is 7.66. The van der Waals surface area contributed by atoms with Crippen molar-refractivity contribution in [1.82, 2.24) is 15.0 Å². The van der Waals surface area contributed by atoms with E-state index in [4.69, 9.17) is 27.9 Å². The third-order valence-corrected chi connectivity index (χ3v) is 12.8. The molecular formula is C18H36N3O22P5. The van der Waals surface area contributed by atoms with Crippen LogP contribution in [0.15, 0.2) is 6.20 Å². The van der Waals surface area contributed by atoms with Gasteiger partial charge >= 0.3 is 39.1 Å². The molecule has 0 amide bonds. The molecule has 0 saturated carbocycles. The zero-order valence-electron chi connectivity index (χ0n) is 25.4. The molecule has 25 nitrogen and oxygen atoms in total. The van der Waals surface area contributed by atoms with Gasteiger partial charge in [-0.05, 0) is 13.8 Å². The van der Waals surface area contributed by atoms with Gasteiger partial charge in [0.05, 0.1) is 37.7 Å². The van der Waals surface area contributed by atoms with Gasteiger partial charge in [-0.3, -0.25) is 27.1 Å². The molecule has 0 spiro atoms. The number of aliphatic hydroxyl groups is 2. The van der Waals surface area contributed by atoms with Crippen LogP contribution in [0.4, 0.5) is 0 Å². The Labute approximate surface area is 271 Å². The van der Waals surface area contributed by atoms with Gasteiger partial charge in [-0.25, -0.2) is 27.5 Å². The standard InChI is InChI=1S/C18H36N3O22P5/c1-10-15(17(23)13(39-10)8-38-47(30,31)43-48(32,33)42-45(26,27)35-4)21-7-12(19-20-21)5-6-36-46(28,29)41-18-14(40-11(2)16(18)22)9-37-44(24,25)34-3/h7,10-11,13-18,22-23H,5-6,8-9H2,1-4H3,(H,24,25)(H,26,27)(H,28,29)(H,30,31)(H,32,33)/t10-,11-,13+,14+,15+,16?,17?,18-/m0/s1. The fourth-order valence-electron chi connectivity index (χ4n) is 4.37. The number of phosphoric ester groups is 4. The Morgan fingerprint density at radius 3 is 1.94 bits per heavy atom. The summed E-state index contributed by atoms with van der Waals surface area (Å²) in [6.45, 7) is 0.962. The number of phosphoric acid groups is 5. The molecule has 2 aliphatic rings. The highest BCUT2D eigenvalue weighted by atomic mass is 31.3. The van der Waals surface area contributed by atoms with Gasteiger partial charge in [-0.15, -0.1) is 5.10 Å². The number of ether oxygens (including phenoxy) is 2. The Morgan fingerprint density at radius 2 is 1.31 bits per heavy atom. The fraction of sp³-hybridized carbons (Fsp3) is 0.889. The van der Waals surface area contributed by atoms with E-state index in [1.807, 2.05) is 0 Å². The predicted octanol–water partition coefficient (Wildman–Crippen LogP) is -0.0789. The van der Waals surface area contributed by atoms with Crippen molar-refractivity contribution in [3.05, 3.63) is 11.9 Å². The lowest BCUT2D eigenvalue weighted by Crippen LogP contribution is -2.36. The summed E-state index contributed by atoms with van der Waals surface area (Å²) in [7, 11) is -23.9. The van der Waals surface area contributed by atoms with Crippen LogP contribution in [0.3, 0.4) is 0 Å². The van der Waals surface area contributed by atoms with E-state index >= 15 is 0 Å². The molecule has 7 N–H and O–H groups in total. The van der Waals surface area contributed by atoms with E-state index in [2.05, 4.69) is 32.5 Å². The van der Waals surface area contributed by atoms with Crippen LogP contribution in [0.2, 0.25) is 0 Å². The summed E-state index contributed by atoms with van der Waals surface area (Å²) in [5, 5.41) is 28.8. The smallest absolute Gasteiger partial charge is 0.388 e. The lowest BCUT2D eigenvalue weighted by molar-refractivity contribution is -0.0201. The van der Waals surface area contributed by atoms with Crippen LogP contribution in [0.1, 0.15) is 25.6 Å². The molecule has 2 saturated heterocycles. The van der Waals surface area contributed by atoms with Crippen molar-refractivity contribution < 1.29 is 103 Å². The second kappa shape index (κ2) is 16.5. The highest BCUT2D eigenvalue weighted by Crippen LogP contribution is 2.67. The zero-order chi connectivity index (χ0) is 36.3. The molecular weight excluding hydrogens is 765 g/mol. The number of rotatable bonds is 19. The van der Waals surface area contributed by atoms with Crippen LogP contribution in [-0.4, -0.2) is 126 Å². The number of hydrogen-bond acceptors (Lipinski definition) is 19. The lowest BCUT2D eigenvalue weighted by Gasteiger charge is -2.23. The first-order chi connectivity index (χ1) is 22.0. The Kier molecular flexibility index (Phi) is 14.5. The van der Waals surface area contributed by atoms with E-state index in [0.29, 0.717) is 7.11 Å². The number of hydrogen-bond donors (Lipinski definition) is 7. The molecule has 1 aromatic rings. The first kappa shape index (κ1) is 42.0. The quantitative estimate of drug-likeness (QED) is 0.0899. The van der Waals surface area contributed by atoms with E-state index in [9.17, 15) is 52.6 Å². The van der Waals surface area contributed by atoms with E-state index in [-0.39, 0.29) is 12.1 Å². The van der Waals surface area contributed by atoms with Crippen molar-refractivity contribution in [2.75, 3.05) is 34.0 Å². The van der Waals surface area contributed by atoms with Gasteiger partial charge in [0.1, 0.15) is 36.6 Å². The van der Waals surface area contributed by atoms with Crippen molar-refractivity contribution in [1.29, 1.82) is 0 Å². The normalized spacial score (nSPS) is 34.1. The van der Waals surface area contributed by atoms with Crippen LogP contribution in [0, 0.1) is 0 Å². The molecule has 7 unspecified atom stereocenters. The zero-order valence-corrected chi connectivity index (χ0v) is 29.8. The van der Waals surface area contributed by atoms with E-state index in [0.717, 1.165) is 7.11 Å².